The van der Waals surface area contributed by atoms with E-state index in [-0.39, 0.29) is 29.2 Å². The van der Waals surface area contributed by atoms with Gasteiger partial charge in [0, 0.05) is 22.1 Å². The average Bonchev–Trinajstić information content (AvgIpc) is 2.87. The van der Waals surface area contributed by atoms with Gasteiger partial charge in [0.1, 0.15) is 5.75 Å². The Hall–Kier alpha value is -4.74. The van der Waals surface area contributed by atoms with Crippen LogP contribution in [-0.2, 0) is 12.0 Å². The van der Waals surface area contributed by atoms with E-state index in [1.54, 1.807) is 12.1 Å². The molecule has 39 heavy (non-hydrogen) atoms. The second-order valence-corrected chi connectivity index (χ2v) is 9.49. The van der Waals surface area contributed by atoms with Crippen LogP contribution in [0.4, 0.5) is 29.3 Å². The smallest absolute Gasteiger partial charge is 0.406 e. The molecule has 0 aliphatic rings. The number of benzene rings is 3. The normalized spacial score (nSPS) is 12.0. The van der Waals surface area contributed by atoms with Crippen LogP contribution in [-0.4, -0.2) is 24.3 Å². The molecule has 0 unspecified atom stereocenters. The van der Waals surface area contributed by atoms with Gasteiger partial charge in [-0.2, -0.15) is 4.99 Å². The second-order valence-electron chi connectivity index (χ2n) is 9.49. The van der Waals surface area contributed by atoms with Gasteiger partial charge in [0.25, 0.3) is 11.9 Å². The number of carbonyl (C=O) groups is 2. The number of nitrogens with zero attached hydrogens (tertiary/aromatic N) is 3. The summed E-state index contributed by atoms with van der Waals surface area (Å²) in [6.07, 6.45) is -4.82. The zero-order valence-electron chi connectivity index (χ0n) is 21.5. The van der Waals surface area contributed by atoms with Gasteiger partial charge in [-0.25, -0.2) is 4.79 Å². The first-order valence-electron chi connectivity index (χ1n) is 11.7. The first-order valence-corrected chi connectivity index (χ1v) is 11.7. The van der Waals surface area contributed by atoms with E-state index in [2.05, 4.69) is 40.9 Å². The quantitative estimate of drug-likeness (QED) is 0.235. The number of alkyl halides is 3. The van der Waals surface area contributed by atoms with Gasteiger partial charge in [0.15, 0.2) is 0 Å². The highest BCUT2D eigenvalue weighted by molar-refractivity contribution is 6.03. The zero-order chi connectivity index (χ0) is 28.8. The summed E-state index contributed by atoms with van der Waals surface area (Å²) < 4.78 is 41.2. The molecule has 3 aromatic carbocycles. The van der Waals surface area contributed by atoms with Crippen molar-refractivity contribution in [3.63, 3.8) is 0 Å². The number of anilines is 2. The van der Waals surface area contributed by atoms with Crippen LogP contribution >= 0.6 is 0 Å². The van der Waals surface area contributed by atoms with Gasteiger partial charge in [-0.3, -0.25) is 9.69 Å². The number of hydrogen-bond donors (Lipinski definition) is 3. The standard InChI is InChI=1S/C27H27F3N6O3/c1-26(2,3)19-8-12-21(13-9-19)36(16-17-4-6-18(7-5-17)23(37)34-24(31)35-32)25(38)33-20-10-14-22(15-11-20)39-27(28,29)30/h4-15,32H,16H2,1-3H3,(H,33,38)(H2,31,34,37)/p+1. The summed E-state index contributed by atoms with van der Waals surface area (Å²) >= 11 is 0. The highest BCUT2D eigenvalue weighted by atomic mass is 19.4. The first-order chi connectivity index (χ1) is 18.2. The number of amides is 3. The molecule has 3 amide bonds. The molecule has 0 atom stereocenters. The minimum atomic E-state index is -4.82. The number of nitrogens with one attached hydrogen (secondary N) is 1. The number of nitrogens with two attached hydrogens (primary N) is 2. The molecule has 0 aliphatic heterocycles. The van der Waals surface area contributed by atoms with Crippen molar-refractivity contribution in [3.8, 4) is 5.75 Å². The largest absolute Gasteiger partial charge is 0.573 e. The fraction of sp³-hybridized carbons (Fsp3) is 0.222. The Morgan fingerprint density at radius 2 is 1.54 bits per heavy atom. The summed E-state index contributed by atoms with van der Waals surface area (Å²) in [5.74, 6) is -1.39. The Morgan fingerprint density at radius 1 is 0.949 bits per heavy atom. The lowest BCUT2D eigenvalue weighted by molar-refractivity contribution is -0.274. The van der Waals surface area contributed by atoms with Gasteiger partial charge in [-0.15, -0.1) is 18.7 Å². The van der Waals surface area contributed by atoms with Crippen molar-refractivity contribution < 1.29 is 33.0 Å². The van der Waals surface area contributed by atoms with E-state index >= 15 is 0 Å². The molecule has 204 valence electrons. The highest BCUT2D eigenvalue weighted by Gasteiger charge is 2.31. The fourth-order valence-electron chi connectivity index (χ4n) is 3.49. The minimum Gasteiger partial charge on any atom is -0.406 e. The highest BCUT2D eigenvalue weighted by Crippen LogP contribution is 2.27. The predicted molar refractivity (Wildman–Crippen MR) is 140 cm³/mol. The summed E-state index contributed by atoms with van der Waals surface area (Å²) in [5, 5.41) is 5.83. The van der Waals surface area contributed by atoms with E-state index in [1.165, 1.54) is 29.2 Å². The van der Waals surface area contributed by atoms with E-state index in [1.807, 2.05) is 24.3 Å². The van der Waals surface area contributed by atoms with E-state index in [0.717, 1.165) is 17.7 Å². The fourth-order valence-corrected chi connectivity index (χ4v) is 3.49. The Balaban J connectivity index is 1.85. The van der Waals surface area contributed by atoms with Crippen LogP contribution in [0.15, 0.2) is 82.9 Å². The van der Waals surface area contributed by atoms with Crippen LogP contribution in [0.25, 0.3) is 0 Å². The summed E-state index contributed by atoms with van der Waals surface area (Å²) in [7, 11) is 0. The maximum absolute atomic E-state index is 13.3. The zero-order valence-corrected chi connectivity index (χ0v) is 21.5. The maximum atomic E-state index is 13.3. The Bertz CT molecular complexity index is 1350. The summed E-state index contributed by atoms with van der Waals surface area (Å²) in [6, 6.07) is 18.1. The van der Waals surface area contributed by atoms with E-state index < -0.39 is 24.1 Å². The van der Waals surface area contributed by atoms with Crippen LogP contribution in [0.3, 0.4) is 0 Å². The van der Waals surface area contributed by atoms with Crippen LogP contribution in [0, 0.1) is 0 Å². The average molecular weight is 542 g/mol. The molecular formula is C27H28F3N6O3+. The summed E-state index contributed by atoms with van der Waals surface area (Å²) in [6.45, 7) is 6.33. The van der Waals surface area contributed by atoms with Crippen molar-refractivity contribution in [1.82, 2.24) is 0 Å². The number of carbonyl (C=O) groups excluding carboxylic acids is 2. The number of guanidine groups is 1. The molecule has 0 spiro atoms. The first kappa shape index (κ1) is 28.8. The molecule has 0 aliphatic carbocycles. The third-order valence-corrected chi connectivity index (χ3v) is 5.52. The minimum absolute atomic E-state index is 0.0999. The van der Waals surface area contributed by atoms with Gasteiger partial charge >= 0.3 is 12.4 Å². The molecule has 0 heterocycles. The number of rotatable bonds is 6. The molecular weight excluding hydrogens is 513 g/mol. The molecule has 9 nitrogen and oxygen atoms in total. The van der Waals surface area contributed by atoms with Gasteiger partial charge in [-0.1, -0.05) is 45.0 Å². The molecule has 0 saturated heterocycles. The summed E-state index contributed by atoms with van der Waals surface area (Å²) in [4.78, 5) is 30.5. The van der Waals surface area contributed by atoms with Crippen LogP contribution in [0.1, 0.15) is 42.3 Å². The van der Waals surface area contributed by atoms with Crippen molar-refractivity contribution in [2.24, 2.45) is 15.8 Å². The van der Waals surface area contributed by atoms with Crippen LogP contribution < -0.4 is 26.2 Å². The molecule has 0 aromatic heterocycles. The number of urea groups is 1. The number of aliphatic imine (C=N–C) groups is 1. The monoisotopic (exact) mass is 541 g/mol. The number of halogens is 3. The summed E-state index contributed by atoms with van der Waals surface area (Å²) in [5.41, 5.74) is 13.1. The van der Waals surface area contributed by atoms with Crippen LogP contribution in [0.2, 0.25) is 0 Å². The topological polar surface area (TPSA) is 135 Å². The lowest BCUT2D eigenvalue weighted by atomic mass is 9.87. The molecule has 0 radical (unpaired) electrons. The molecule has 3 rings (SSSR count). The molecule has 3 aromatic rings. The molecule has 0 fully saturated rings. The number of ether oxygens (including phenoxy) is 1. The van der Waals surface area contributed by atoms with Crippen LogP contribution in [0.5, 0.6) is 5.75 Å². The van der Waals surface area contributed by atoms with Crippen molar-refractivity contribution in [2.75, 3.05) is 10.2 Å². The molecule has 0 bridgehead atoms. The van der Waals surface area contributed by atoms with Crippen molar-refractivity contribution >= 4 is 29.3 Å². The third kappa shape index (κ3) is 8.38. The molecule has 0 saturated carbocycles. The Labute approximate surface area is 223 Å². The Kier molecular flexibility index (Phi) is 8.69. The predicted octanol–water partition coefficient (Wildman–Crippen LogP) is 4.79. The van der Waals surface area contributed by atoms with Gasteiger partial charge in [0.05, 0.1) is 6.54 Å². The molecule has 5 N–H and O–H groups in total. The van der Waals surface area contributed by atoms with E-state index in [4.69, 9.17) is 11.3 Å². The van der Waals surface area contributed by atoms with E-state index in [9.17, 15) is 22.8 Å². The van der Waals surface area contributed by atoms with Crippen molar-refractivity contribution in [1.29, 1.82) is 0 Å². The Morgan fingerprint density at radius 3 is 2.05 bits per heavy atom. The van der Waals surface area contributed by atoms with Crippen molar-refractivity contribution in [2.45, 2.75) is 39.1 Å². The lowest BCUT2D eigenvalue weighted by Crippen LogP contribution is -2.34. The molecule has 12 heteroatoms. The SMILES string of the molecule is CC(C)(C)c1ccc(N(Cc2ccc(C(=O)N=C(N)N=[NH2+])cc2)C(=O)Nc2ccc(OC(F)(F)F)cc2)cc1. The number of hydrogen-bond acceptors (Lipinski definition) is 3. The van der Waals surface area contributed by atoms with Crippen molar-refractivity contribution in [3.05, 3.63) is 89.5 Å². The van der Waals surface area contributed by atoms with E-state index in [0.29, 0.717) is 11.3 Å². The second kappa shape index (κ2) is 11.8. The lowest BCUT2D eigenvalue weighted by Gasteiger charge is -2.25. The van der Waals surface area contributed by atoms with Gasteiger partial charge in [0.2, 0.25) is 0 Å². The third-order valence-electron chi connectivity index (χ3n) is 5.52. The van der Waals surface area contributed by atoms with Gasteiger partial charge < -0.3 is 15.8 Å². The maximum Gasteiger partial charge on any atom is 0.573 e. The van der Waals surface area contributed by atoms with Gasteiger partial charge in [-0.05, 0) is 65.1 Å².